The molecule has 0 saturated carbocycles. The van der Waals surface area contributed by atoms with Gasteiger partial charge in [0, 0.05) is 37.4 Å². The van der Waals surface area contributed by atoms with Crippen LogP contribution in [0.3, 0.4) is 0 Å². The van der Waals surface area contributed by atoms with Crippen LogP contribution in [0, 0.1) is 11.8 Å². The number of rotatable bonds is 53. The summed E-state index contributed by atoms with van der Waals surface area (Å²) in [6, 6.07) is 14.5. The molecular weight excluding hydrogens is 1110 g/mol. The second kappa shape index (κ2) is 52.2. The molecular formula is C74H120N2O8S2. The average Bonchev–Trinajstić information content (AvgIpc) is 3.70. The molecule has 2 fully saturated rings. The third kappa shape index (κ3) is 40.9. The van der Waals surface area contributed by atoms with Crippen molar-refractivity contribution in [3.8, 4) is 11.5 Å². The Morgan fingerprint density at radius 3 is 1.03 bits per heavy atom. The molecule has 0 spiro atoms. The van der Waals surface area contributed by atoms with Crippen LogP contribution in [0.1, 0.15) is 269 Å². The first kappa shape index (κ1) is 74.9. The number of carbonyl (C=O) groups excluding carboxylic acids is 4. The van der Waals surface area contributed by atoms with Crippen LogP contribution < -0.4 is 9.47 Å². The number of ether oxygens (including phenoxy) is 4. The highest BCUT2D eigenvalue weighted by molar-refractivity contribution is 8.76. The molecule has 2 heterocycles. The molecule has 2 aromatic rings. The summed E-state index contributed by atoms with van der Waals surface area (Å²) in [5.74, 6) is 3.71. The van der Waals surface area contributed by atoms with Crippen LogP contribution in [0.15, 0.2) is 72.8 Å². The monoisotopic (exact) mass is 1230 g/mol. The molecule has 2 aromatic carbocycles. The number of hydrogen-bond acceptors (Lipinski definition) is 12. The molecule has 0 aliphatic carbocycles. The van der Waals surface area contributed by atoms with Crippen molar-refractivity contribution < 1.29 is 38.1 Å². The standard InChI is InChI=1S/C74H120N2O8S2/c1-3-5-7-9-11-13-15-17-19-21-23-25-27-29-31-33-35-37-71(77)83-69-43-39-67(40-44-69)63-73(79)81-59-51-65-47-53-75(54-48-65)57-61-85-86-62-58-76-55-49-66(50-56-76)52-60-82-74(80)64-68-41-45-70(46-42-68)84-72(78)38-36-34-32-30-28-26-24-22-20-18-16-14-12-10-8-6-4-2/h17-20,39-46,65-66H,3-16,21-38,47-64H2,1-2H3/b19-17-,20-18-. The lowest BCUT2D eigenvalue weighted by Gasteiger charge is -2.32. The largest absolute Gasteiger partial charge is 0.465 e. The SMILES string of the molecule is CCCCCCCC/C=C\CCCCCCCCCC(=O)Oc1ccc(CC(=O)OCCC2CCN(CCSSCCN3CCC(CCOC(=O)Cc4ccc(OC(=O)CCCCCCCCC/C=C\CCCCCCCC)cc4)CC3)CC2)cc1. The van der Waals surface area contributed by atoms with Gasteiger partial charge in [0.2, 0.25) is 0 Å². The minimum absolute atomic E-state index is 0.192. The summed E-state index contributed by atoms with van der Waals surface area (Å²) >= 11 is 0. The van der Waals surface area contributed by atoms with Crippen LogP contribution >= 0.6 is 21.6 Å². The predicted molar refractivity (Wildman–Crippen MR) is 363 cm³/mol. The smallest absolute Gasteiger partial charge is 0.311 e. The van der Waals surface area contributed by atoms with Gasteiger partial charge in [-0.15, -0.1) is 0 Å². The van der Waals surface area contributed by atoms with Crippen molar-refractivity contribution in [2.24, 2.45) is 11.8 Å². The minimum atomic E-state index is -0.209. The second-order valence-electron chi connectivity index (χ2n) is 24.9. The molecule has 2 saturated heterocycles. The van der Waals surface area contributed by atoms with Gasteiger partial charge < -0.3 is 28.7 Å². The van der Waals surface area contributed by atoms with Crippen molar-refractivity contribution in [2.75, 3.05) is 64.0 Å². The van der Waals surface area contributed by atoms with Gasteiger partial charge in [-0.05, 0) is 176 Å². The third-order valence-electron chi connectivity index (χ3n) is 17.4. The van der Waals surface area contributed by atoms with Crippen LogP contribution in [-0.2, 0) is 41.5 Å². The molecule has 10 nitrogen and oxygen atoms in total. The summed E-state index contributed by atoms with van der Waals surface area (Å²) in [4.78, 5) is 55.3. The first-order chi connectivity index (χ1) is 42.3. The van der Waals surface area contributed by atoms with Crippen LogP contribution in [0.2, 0.25) is 0 Å². The van der Waals surface area contributed by atoms with Gasteiger partial charge in [-0.25, -0.2) is 0 Å². The lowest BCUT2D eigenvalue weighted by molar-refractivity contribution is -0.144. The Bertz CT molecular complexity index is 1900. The fourth-order valence-corrected chi connectivity index (χ4v) is 13.7. The zero-order valence-corrected chi connectivity index (χ0v) is 56.0. The zero-order valence-electron chi connectivity index (χ0n) is 54.4. The molecule has 2 aliphatic rings. The number of benzene rings is 2. The molecule has 0 unspecified atom stereocenters. The number of nitrogens with zero attached hydrogens (tertiary/aromatic N) is 2. The molecule has 12 heteroatoms. The van der Waals surface area contributed by atoms with E-state index in [1.165, 1.54) is 167 Å². The number of likely N-dealkylation sites (tertiary alicyclic amines) is 2. The molecule has 0 amide bonds. The van der Waals surface area contributed by atoms with Crippen LogP contribution in [-0.4, -0.2) is 97.7 Å². The van der Waals surface area contributed by atoms with Gasteiger partial charge in [0.15, 0.2) is 0 Å². The molecule has 4 rings (SSSR count). The predicted octanol–water partition coefficient (Wildman–Crippen LogP) is 19.6. The maximum absolute atomic E-state index is 12.6. The third-order valence-corrected chi connectivity index (χ3v) is 19.7. The van der Waals surface area contributed by atoms with Crippen molar-refractivity contribution in [3.63, 3.8) is 0 Å². The zero-order chi connectivity index (χ0) is 61.0. The average molecular weight is 1230 g/mol. The molecule has 0 atom stereocenters. The minimum Gasteiger partial charge on any atom is -0.465 e. The van der Waals surface area contributed by atoms with E-state index < -0.39 is 0 Å². The number of piperidine rings is 2. The van der Waals surface area contributed by atoms with E-state index in [4.69, 9.17) is 18.9 Å². The van der Waals surface area contributed by atoms with E-state index in [1.54, 1.807) is 24.3 Å². The van der Waals surface area contributed by atoms with Crippen molar-refractivity contribution >= 4 is 45.5 Å². The molecule has 0 radical (unpaired) electrons. The molecule has 86 heavy (non-hydrogen) atoms. The van der Waals surface area contributed by atoms with Crippen LogP contribution in [0.4, 0.5) is 0 Å². The molecule has 0 aromatic heterocycles. The summed E-state index contributed by atoms with van der Waals surface area (Å²) in [7, 11) is 3.98. The first-order valence-electron chi connectivity index (χ1n) is 35.2. The second-order valence-corrected chi connectivity index (χ2v) is 27.6. The molecule has 2 aliphatic heterocycles. The number of carbonyl (C=O) groups is 4. The highest BCUT2D eigenvalue weighted by Gasteiger charge is 2.21. The van der Waals surface area contributed by atoms with Crippen molar-refractivity contribution in [1.29, 1.82) is 0 Å². The molecule has 0 bridgehead atoms. The van der Waals surface area contributed by atoms with Gasteiger partial charge in [0.05, 0.1) is 26.1 Å². The number of esters is 4. The lowest BCUT2D eigenvalue weighted by atomic mass is 9.94. The van der Waals surface area contributed by atoms with Crippen molar-refractivity contribution in [2.45, 2.75) is 271 Å². The van der Waals surface area contributed by atoms with Crippen molar-refractivity contribution in [3.05, 3.63) is 84.0 Å². The maximum Gasteiger partial charge on any atom is 0.311 e. The van der Waals surface area contributed by atoms with Gasteiger partial charge >= 0.3 is 23.9 Å². The highest BCUT2D eigenvalue weighted by atomic mass is 33.1. The van der Waals surface area contributed by atoms with Crippen LogP contribution in [0.25, 0.3) is 0 Å². The summed E-state index contributed by atoms with van der Waals surface area (Å²) in [5.41, 5.74) is 1.72. The first-order valence-corrected chi connectivity index (χ1v) is 37.7. The summed E-state index contributed by atoms with van der Waals surface area (Å²) in [6.45, 7) is 12.2. The summed E-state index contributed by atoms with van der Waals surface area (Å²) < 4.78 is 22.4. The molecule has 0 N–H and O–H groups in total. The van der Waals surface area contributed by atoms with E-state index in [-0.39, 0.29) is 36.7 Å². The fraction of sp³-hybridized carbons (Fsp3) is 0.730. The Morgan fingerprint density at radius 2 is 0.709 bits per heavy atom. The number of allylic oxidation sites excluding steroid dienone is 4. The van der Waals surface area contributed by atoms with E-state index in [0.29, 0.717) is 49.4 Å². The Hall–Kier alpha value is -3.58. The van der Waals surface area contributed by atoms with E-state index >= 15 is 0 Å². The fourth-order valence-electron chi connectivity index (χ4n) is 11.7. The van der Waals surface area contributed by atoms with E-state index in [0.717, 1.165) is 126 Å². The summed E-state index contributed by atoms with van der Waals surface area (Å²) in [5, 5.41) is 0. The topological polar surface area (TPSA) is 112 Å². The van der Waals surface area contributed by atoms with Gasteiger partial charge in [0.1, 0.15) is 11.5 Å². The summed E-state index contributed by atoms with van der Waals surface area (Å²) in [6.07, 6.45) is 54.9. The Labute approximate surface area is 532 Å². The van der Waals surface area contributed by atoms with E-state index in [1.807, 2.05) is 45.9 Å². The highest BCUT2D eigenvalue weighted by Crippen LogP contribution is 2.27. The quantitative estimate of drug-likeness (QED) is 0.0207. The maximum atomic E-state index is 12.6. The van der Waals surface area contributed by atoms with Crippen LogP contribution in [0.5, 0.6) is 11.5 Å². The van der Waals surface area contributed by atoms with E-state index in [9.17, 15) is 19.2 Å². The normalized spacial score (nSPS) is 14.6. The van der Waals surface area contributed by atoms with Gasteiger partial charge in [-0.1, -0.05) is 212 Å². The Balaban J connectivity index is 0.874. The molecule has 486 valence electrons. The Morgan fingerprint density at radius 1 is 0.407 bits per heavy atom. The van der Waals surface area contributed by atoms with E-state index in [2.05, 4.69) is 48.0 Å². The lowest BCUT2D eigenvalue weighted by Crippen LogP contribution is -2.36. The number of unbranched alkanes of at least 4 members (excludes halogenated alkanes) is 26. The van der Waals surface area contributed by atoms with Gasteiger partial charge in [-0.2, -0.15) is 0 Å². The van der Waals surface area contributed by atoms with Crippen molar-refractivity contribution in [1.82, 2.24) is 9.80 Å². The number of hydrogen-bond donors (Lipinski definition) is 0. The van der Waals surface area contributed by atoms with Gasteiger partial charge in [0.25, 0.3) is 0 Å². The Kier molecular flexibility index (Phi) is 45.5. The van der Waals surface area contributed by atoms with Gasteiger partial charge in [-0.3, -0.25) is 19.2 Å².